The number of hydrogen-bond donors (Lipinski definition) is 3. The predicted molar refractivity (Wildman–Crippen MR) is 40.2 cm³/mol. The van der Waals surface area contributed by atoms with E-state index in [-0.39, 0.29) is 0 Å². The second-order valence-electron chi connectivity index (χ2n) is 1.53. The van der Waals surface area contributed by atoms with Gasteiger partial charge in [-0.3, -0.25) is 4.79 Å². The van der Waals surface area contributed by atoms with Crippen molar-refractivity contribution in [2.75, 3.05) is 0 Å². The first-order valence-corrected chi connectivity index (χ1v) is 3.15. The Bertz CT molecular complexity index is 102. The van der Waals surface area contributed by atoms with Gasteiger partial charge in [0, 0.05) is 0 Å². The second kappa shape index (κ2) is 2.64. The lowest BCUT2D eigenvalue weighted by Gasteiger charge is -2.13. The van der Waals surface area contributed by atoms with E-state index in [1.54, 1.807) is 6.92 Å². The maximum absolute atomic E-state index is 10.3. The highest BCUT2D eigenvalue weighted by molar-refractivity contribution is 8.01. The van der Waals surface area contributed by atoms with Crippen LogP contribution >= 0.6 is 25.3 Å². The van der Waals surface area contributed by atoms with E-state index in [2.05, 4.69) is 25.3 Å². The highest BCUT2D eigenvalue weighted by Crippen LogP contribution is 2.22. The van der Waals surface area contributed by atoms with Crippen LogP contribution in [0.1, 0.15) is 13.3 Å². The number of amides is 1. The Morgan fingerprint density at radius 1 is 1.75 bits per heavy atom. The van der Waals surface area contributed by atoms with Gasteiger partial charge in [-0.1, -0.05) is 6.92 Å². The van der Waals surface area contributed by atoms with E-state index < -0.39 is 9.99 Å². The molecule has 0 aromatic heterocycles. The minimum atomic E-state index is -0.931. The number of rotatable bonds is 2. The zero-order valence-electron chi connectivity index (χ0n) is 4.59. The molecule has 2 nitrogen and oxygen atoms in total. The SMILES string of the molecule is CCC(S)(S)C(N)=O. The Morgan fingerprint density at radius 3 is 2.12 bits per heavy atom. The fourth-order valence-corrected chi connectivity index (χ4v) is 0.174. The van der Waals surface area contributed by atoms with Crippen molar-refractivity contribution in [3.63, 3.8) is 0 Å². The molecular formula is C4H9NOS2. The summed E-state index contributed by atoms with van der Waals surface area (Å²) in [6, 6.07) is 0. The third-order valence-electron chi connectivity index (χ3n) is 0.888. The molecule has 0 aromatic carbocycles. The summed E-state index contributed by atoms with van der Waals surface area (Å²) in [6.45, 7) is 1.80. The molecule has 0 aliphatic carbocycles. The van der Waals surface area contributed by atoms with Crippen LogP contribution in [0.2, 0.25) is 0 Å². The normalized spacial score (nSPS) is 11.4. The van der Waals surface area contributed by atoms with Crippen LogP contribution in [-0.2, 0) is 4.79 Å². The molecule has 4 heteroatoms. The molecule has 8 heavy (non-hydrogen) atoms. The summed E-state index contributed by atoms with van der Waals surface area (Å²) < 4.78 is -0.931. The van der Waals surface area contributed by atoms with E-state index in [1.165, 1.54) is 0 Å². The average Bonchev–Trinajstić information content (AvgIpc) is 1.67. The Balaban J connectivity index is 3.91. The third-order valence-corrected chi connectivity index (χ3v) is 1.96. The van der Waals surface area contributed by atoms with E-state index >= 15 is 0 Å². The van der Waals surface area contributed by atoms with Gasteiger partial charge in [0.1, 0.15) is 4.08 Å². The van der Waals surface area contributed by atoms with Crippen LogP contribution in [0.3, 0.4) is 0 Å². The van der Waals surface area contributed by atoms with Crippen molar-refractivity contribution in [2.45, 2.75) is 17.4 Å². The minimum absolute atomic E-state index is 0.494. The van der Waals surface area contributed by atoms with Crippen LogP contribution in [0.25, 0.3) is 0 Å². The fourth-order valence-electron chi connectivity index (χ4n) is 0.174. The Morgan fingerprint density at radius 2 is 2.12 bits per heavy atom. The summed E-state index contributed by atoms with van der Waals surface area (Å²) >= 11 is 7.74. The summed E-state index contributed by atoms with van der Waals surface area (Å²) in [5.74, 6) is -0.494. The van der Waals surface area contributed by atoms with Gasteiger partial charge in [0.25, 0.3) is 0 Å². The number of thiol groups is 2. The van der Waals surface area contributed by atoms with Gasteiger partial charge in [0.2, 0.25) is 5.91 Å². The van der Waals surface area contributed by atoms with Crippen molar-refractivity contribution in [3.05, 3.63) is 0 Å². The Hall–Kier alpha value is 0.170. The molecule has 48 valence electrons. The van der Waals surface area contributed by atoms with Crippen LogP contribution in [0, 0.1) is 0 Å². The molecule has 0 aromatic rings. The maximum Gasteiger partial charge on any atom is 0.243 e. The average molecular weight is 151 g/mol. The lowest BCUT2D eigenvalue weighted by atomic mass is 10.3. The van der Waals surface area contributed by atoms with Gasteiger partial charge in [-0.05, 0) is 6.42 Å². The summed E-state index contributed by atoms with van der Waals surface area (Å²) in [4.78, 5) is 10.3. The van der Waals surface area contributed by atoms with Crippen LogP contribution in [-0.4, -0.2) is 9.99 Å². The second-order valence-corrected chi connectivity index (χ2v) is 3.41. The Kier molecular flexibility index (Phi) is 2.70. The van der Waals surface area contributed by atoms with Crippen molar-refractivity contribution < 1.29 is 4.79 Å². The van der Waals surface area contributed by atoms with Crippen LogP contribution < -0.4 is 5.73 Å². The molecular weight excluding hydrogens is 142 g/mol. The molecule has 0 radical (unpaired) electrons. The van der Waals surface area contributed by atoms with E-state index in [0.29, 0.717) is 6.42 Å². The molecule has 0 aliphatic heterocycles. The molecule has 0 saturated heterocycles. The largest absolute Gasteiger partial charge is 0.368 e. The van der Waals surface area contributed by atoms with Gasteiger partial charge in [-0.2, -0.15) is 25.3 Å². The molecule has 1 amide bonds. The number of hydrogen-bond acceptors (Lipinski definition) is 3. The smallest absolute Gasteiger partial charge is 0.243 e. The number of carbonyl (C=O) groups excluding carboxylic acids is 1. The first-order valence-electron chi connectivity index (χ1n) is 2.25. The predicted octanol–water partition coefficient (Wildman–Crippen LogP) is 0.438. The van der Waals surface area contributed by atoms with Gasteiger partial charge in [-0.15, -0.1) is 0 Å². The molecule has 0 heterocycles. The number of carbonyl (C=O) groups is 1. The highest BCUT2D eigenvalue weighted by atomic mass is 32.2. The van der Waals surface area contributed by atoms with Crippen molar-refractivity contribution in [2.24, 2.45) is 5.73 Å². The van der Waals surface area contributed by atoms with Gasteiger partial charge in [0.15, 0.2) is 0 Å². The van der Waals surface area contributed by atoms with Gasteiger partial charge in [0.05, 0.1) is 0 Å². The summed E-state index contributed by atoms with van der Waals surface area (Å²) in [5, 5.41) is 0. The summed E-state index contributed by atoms with van der Waals surface area (Å²) in [5.41, 5.74) is 4.89. The molecule has 0 unspecified atom stereocenters. The lowest BCUT2D eigenvalue weighted by molar-refractivity contribution is -0.118. The topological polar surface area (TPSA) is 43.1 Å². The summed E-state index contributed by atoms with van der Waals surface area (Å²) in [6.07, 6.45) is 0.536. The molecule has 0 rings (SSSR count). The van der Waals surface area contributed by atoms with Crippen molar-refractivity contribution in [1.82, 2.24) is 0 Å². The van der Waals surface area contributed by atoms with Crippen molar-refractivity contribution >= 4 is 31.2 Å². The van der Waals surface area contributed by atoms with E-state index in [1.807, 2.05) is 0 Å². The van der Waals surface area contributed by atoms with Crippen molar-refractivity contribution in [1.29, 1.82) is 0 Å². The van der Waals surface area contributed by atoms with Crippen LogP contribution in [0.15, 0.2) is 0 Å². The van der Waals surface area contributed by atoms with Gasteiger partial charge < -0.3 is 5.73 Å². The lowest BCUT2D eigenvalue weighted by Crippen LogP contribution is -2.32. The Labute approximate surface area is 59.6 Å². The molecule has 0 spiro atoms. The van der Waals surface area contributed by atoms with Gasteiger partial charge in [-0.25, -0.2) is 0 Å². The zero-order chi connectivity index (χ0) is 6.78. The number of primary amides is 1. The monoisotopic (exact) mass is 151 g/mol. The van der Waals surface area contributed by atoms with E-state index in [4.69, 9.17) is 5.73 Å². The zero-order valence-corrected chi connectivity index (χ0v) is 6.38. The number of nitrogens with two attached hydrogens (primary N) is 1. The maximum atomic E-state index is 10.3. The minimum Gasteiger partial charge on any atom is -0.368 e. The van der Waals surface area contributed by atoms with Crippen molar-refractivity contribution in [3.8, 4) is 0 Å². The third kappa shape index (κ3) is 1.96. The molecule has 0 bridgehead atoms. The molecule has 0 atom stereocenters. The quantitative estimate of drug-likeness (QED) is 0.389. The highest BCUT2D eigenvalue weighted by Gasteiger charge is 2.24. The van der Waals surface area contributed by atoms with E-state index in [9.17, 15) is 4.79 Å². The first kappa shape index (κ1) is 8.17. The fraction of sp³-hybridized carbons (Fsp3) is 0.750. The first-order chi connectivity index (χ1) is 3.50. The molecule has 0 fully saturated rings. The van der Waals surface area contributed by atoms with Crippen LogP contribution in [0.5, 0.6) is 0 Å². The summed E-state index contributed by atoms with van der Waals surface area (Å²) in [7, 11) is 0. The van der Waals surface area contributed by atoms with E-state index in [0.717, 1.165) is 0 Å². The van der Waals surface area contributed by atoms with Gasteiger partial charge >= 0.3 is 0 Å². The molecule has 0 saturated carbocycles. The van der Waals surface area contributed by atoms with Crippen LogP contribution in [0.4, 0.5) is 0 Å². The standard InChI is InChI=1S/C4H9NOS2/c1-2-4(7,8)3(5)6/h7-8H,2H2,1H3,(H2,5,6). The molecule has 0 aliphatic rings. The molecule has 2 N–H and O–H groups in total.